The van der Waals surface area contributed by atoms with Crippen LogP contribution in [0.4, 0.5) is 14.6 Å². The number of anilines is 1. The molecule has 1 amide bonds. The van der Waals surface area contributed by atoms with Gasteiger partial charge in [-0.15, -0.1) is 0 Å². The van der Waals surface area contributed by atoms with Gasteiger partial charge in [-0.2, -0.15) is 5.10 Å². The number of halogens is 2. The van der Waals surface area contributed by atoms with Crippen molar-refractivity contribution in [1.82, 2.24) is 24.6 Å². The molecule has 0 radical (unpaired) electrons. The minimum Gasteiger partial charge on any atom is -0.489 e. The summed E-state index contributed by atoms with van der Waals surface area (Å²) in [7, 11) is 0. The molecule has 1 aromatic carbocycles. The van der Waals surface area contributed by atoms with Crippen LogP contribution >= 0.6 is 0 Å². The molecule has 2 atom stereocenters. The number of amides is 1. The largest absolute Gasteiger partial charge is 0.489 e. The highest BCUT2D eigenvalue weighted by Crippen LogP contribution is 2.39. The van der Waals surface area contributed by atoms with Gasteiger partial charge >= 0.3 is 0 Å². The Morgan fingerprint density at radius 1 is 1.40 bits per heavy atom. The van der Waals surface area contributed by atoms with E-state index in [-0.39, 0.29) is 18.1 Å². The van der Waals surface area contributed by atoms with Gasteiger partial charge in [0, 0.05) is 17.1 Å². The molecule has 0 bridgehead atoms. The predicted molar refractivity (Wildman–Crippen MR) is 106 cm³/mol. The lowest BCUT2D eigenvalue weighted by molar-refractivity contribution is -0.117. The Hall–Kier alpha value is -3.56. The molecule has 3 aromatic heterocycles. The number of nitrogens with one attached hydrogen (secondary N) is 2. The van der Waals surface area contributed by atoms with Crippen LogP contribution in [0, 0.1) is 18.7 Å². The van der Waals surface area contributed by atoms with Crippen LogP contribution in [0.5, 0.6) is 5.75 Å². The van der Waals surface area contributed by atoms with E-state index in [9.17, 15) is 9.18 Å². The van der Waals surface area contributed by atoms with Crippen molar-refractivity contribution in [2.45, 2.75) is 26.4 Å². The predicted octanol–water partition coefficient (Wildman–Crippen LogP) is 3.42. The van der Waals surface area contributed by atoms with Crippen molar-refractivity contribution in [3.05, 3.63) is 36.2 Å². The summed E-state index contributed by atoms with van der Waals surface area (Å²) >= 11 is 0. The van der Waals surface area contributed by atoms with Crippen LogP contribution in [-0.2, 0) is 4.79 Å². The van der Waals surface area contributed by atoms with E-state index in [4.69, 9.17) is 4.74 Å². The molecule has 1 aliphatic rings. The lowest BCUT2D eigenvalue weighted by Crippen LogP contribution is -2.15. The number of alkyl halides is 1. The Kier molecular flexibility index (Phi) is 4.16. The number of fused-ring (bicyclic) bond motifs is 2. The van der Waals surface area contributed by atoms with E-state index in [1.54, 1.807) is 36.8 Å². The highest BCUT2D eigenvalue weighted by molar-refractivity contribution is 5.99. The SMILES string of the molecule is CCOc1c(F)c(C)c(-c2cn3cc(NC(=O)[C@@H]4C[C@@H]4F)nc3cn2)c2cn[nH]c12. The van der Waals surface area contributed by atoms with Crippen molar-refractivity contribution in [3.63, 3.8) is 0 Å². The third-order valence-electron chi connectivity index (χ3n) is 5.23. The molecule has 4 aromatic rings. The summed E-state index contributed by atoms with van der Waals surface area (Å²) in [6, 6.07) is 0. The Labute approximate surface area is 169 Å². The molecule has 5 rings (SSSR count). The summed E-state index contributed by atoms with van der Waals surface area (Å²) in [6.45, 7) is 3.77. The van der Waals surface area contributed by atoms with Crippen LogP contribution in [-0.4, -0.2) is 43.3 Å². The molecular formula is C20H18F2N6O2. The van der Waals surface area contributed by atoms with Crippen molar-refractivity contribution in [2.75, 3.05) is 11.9 Å². The highest BCUT2D eigenvalue weighted by atomic mass is 19.1. The summed E-state index contributed by atoms with van der Waals surface area (Å²) in [5.41, 5.74) is 2.43. The first-order valence-corrected chi connectivity index (χ1v) is 9.56. The van der Waals surface area contributed by atoms with Gasteiger partial charge < -0.3 is 14.5 Å². The maximum absolute atomic E-state index is 15.0. The minimum absolute atomic E-state index is 0.131. The van der Waals surface area contributed by atoms with Gasteiger partial charge in [-0.25, -0.2) is 13.8 Å². The third-order valence-corrected chi connectivity index (χ3v) is 5.23. The van der Waals surface area contributed by atoms with E-state index >= 15 is 4.39 Å². The molecule has 154 valence electrons. The second-order valence-corrected chi connectivity index (χ2v) is 7.25. The van der Waals surface area contributed by atoms with Gasteiger partial charge in [0.2, 0.25) is 5.91 Å². The Bertz CT molecular complexity index is 1300. The first-order chi connectivity index (χ1) is 14.5. The van der Waals surface area contributed by atoms with Crippen LogP contribution in [0.1, 0.15) is 18.9 Å². The first kappa shape index (κ1) is 18.5. The third kappa shape index (κ3) is 2.87. The minimum atomic E-state index is -1.08. The smallest absolute Gasteiger partial charge is 0.231 e. The van der Waals surface area contributed by atoms with Gasteiger partial charge in [-0.1, -0.05) is 0 Å². The van der Waals surface area contributed by atoms with Crippen molar-refractivity contribution in [2.24, 2.45) is 5.92 Å². The molecule has 2 N–H and O–H groups in total. The fourth-order valence-corrected chi connectivity index (χ4v) is 3.59. The van der Waals surface area contributed by atoms with E-state index in [2.05, 4.69) is 25.5 Å². The number of nitrogens with zero attached hydrogens (tertiary/aromatic N) is 4. The van der Waals surface area contributed by atoms with E-state index < -0.39 is 17.9 Å². The molecule has 1 aliphatic carbocycles. The average Bonchev–Trinajstić information content (AvgIpc) is 3.11. The Morgan fingerprint density at radius 3 is 2.93 bits per heavy atom. The van der Waals surface area contributed by atoms with Crippen molar-refractivity contribution in [3.8, 4) is 17.0 Å². The number of aromatic amines is 1. The molecule has 0 spiro atoms. The summed E-state index contributed by atoms with van der Waals surface area (Å²) in [4.78, 5) is 20.7. The zero-order valence-electron chi connectivity index (χ0n) is 16.2. The molecule has 10 heteroatoms. The fourth-order valence-electron chi connectivity index (χ4n) is 3.59. The second kappa shape index (κ2) is 6.75. The van der Waals surface area contributed by atoms with Crippen molar-refractivity contribution in [1.29, 1.82) is 0 Å². The quantitative estimate of drug-likeness (QED) is 0.524. The van der Waals surface area contributed by atoms with E-state index in [0.717, 1.165) is 0 Å². The summed E-state index contributed by atoms with van der Waals surface area (Å²) < 4.78 is 35.2. The second-order valence-electron chi connectivity index (χ2n) is 7.25. The summed E-state index contributed by atoms with van der Waals surface area (Å²) in [5, 5.41) is 10.1. The Balaban J connectivity index is 1.57. The van der Waals surface area contributed by atoms with Crippen molar-refractivity contribution < 1.29 is 18.3 Å². The first-order valence-electron chi connectivity index (χ1n) is 9.56. The highest BCUT2D eigenvalue weighted by Gasteiger charge is 2.43. The van der Waals surface area contributed by atoms with E-state index in [0.29, 0.717) is 45.8 Å². The zero-order valence-corrected chi connectivity index (χ0v) is 16.2. The molecule has 3 heterocycles. The zero-order chi connectivity index (χ0) is 21.0. The standard InChI is InChI=1S/C20H18F2N6O2/c1-3-30-19-17(22)9(2)16(11-5-24-27-18(11)19)13-7-28-8-14(25-15(28)6-23-13)26-20(29)10-4-12(10)21/h5-8,10,12H,3-4H2,1-2H3,(H,24,27)(H,26,29)/t10-,12+/m1/s1. The normalized spacial score (nSPS) is 18.1. The number of aromatic nitrogens is 5. The maximum Gasteiger partial charge on any atom is 0.231 e. The number of imidazole rings is 1. The van der Waals surface area contributed by atoms with Gasteiger partial charge in [0.25, 0.3) is 0 Å². The molecule has 30 heavy (non-hydrogen) atoms. The van der Waals surface area contributed by atoms with Gasteiger partial charge in [-0.3, -0.25) is 14.9 Å². The van der Waals surface area contributed by atoms with Crippen LogP contribution in [0.25, 0.3) is 27.8 Å². The lowest BCUT2D eigenvalue weighted by Gasteiger charge is -2.13. The number of benzene rings is 1. The number of rotatable bonds is 5. The van der Waals surface area contributed by atoms with E-state index in [1.807, 2.05) is 0 Å². The van der Waals surface area contributed by atoms with Gasteiger partial charge in [-0.05, 0) is 25.8 Å². The monoisotopic (exact) mass is 412 g/mol. The van der Waals surface area contributed by atoms with Crippen LogP contribution in [0.2, 0.25) is 0 Å². The number of carbonyl (C=O) groups excluding carboxylic acids is 1. The molecule has 0 aliphatic heterocycles. The lowest BCUT2D eigenvalue weighted by atomic mass is 10.00. The van der Waals surface area contributed by atoms with Gasteiger partial charge in [0.05, 0.1) is 36.8 Å². The number of hydrogen-bond acceptors (Lipinski definition) is 5. The van der Waals surface area contributed by atoms with E-state index in [1.165, 1.54) is 6.20 Å². The summed E-state index contributed by atoms with van der Waals surface area (Å²) in [5.74, 6) is -1.03. The summed E-state index contributed by atoms with van der Waals surface area (Å²) in [6.07, 6.45) is 5.61. The Morgan fingerprint density at radius 2 is 2.20 bits per heavy atom. The topological polar surface area (TPSA) is 97.2 Å². The van der Waals surface area contributed by atoms with Crippen LogP contribution in [0.3, 0.4) is 0 Å². The van der Waals surface area contributed by atoms with Crippen LogP contribution in [0.15, 0.2) is 24.8 Å². The molecule has 1 fully saturated rings. The molecule has 0 unspecified atom stereocenters. The number of carbonyl (C=O) groups is 1. The number of hydrogen-bond donors (Lipinski definition) is 2. The van der Waals surface area contributed by atoms with Crippen molar-refractivity contribution >= 4 is 28.3 Å². The molecule has 8 nitrogen and oxygen atoms in total. The number of H-pyrrole nitrogens is 1. The molecule has 1 saturated carbocycles. The van der Waals surface area contributed by atoms with Crippen LogP contribution < -0.4 is 10.1 Å². The number of ether oxygens (including phenoxy) is 1. The average molecular weight is 412 g/mol. The van der Waals surface area contributed by atoms with Gasteiger partial charge in [0.15, 0.2) is 23.0 Å². The maximum atomic E-state index is 15.0. The molecular weight excluding hydrogens is 394 g/mol. The molecule has 0 saturated heterocycles. The fraction of sp³-hybridized carbons (Fsp3) is 0.300. The van der Waals surface area contributed by atoms with Gasteiger partial charge in [0.1, 0.15) is 11.7 Å².